The standard InChI is InChI=1S/C24H20N2O2S/c1-16-6-3-9-19(12-16)25-24-26(20-10-4-7-17(2)13-20)23(28)22(29-24)15-18-8-5-11-21(27)14-18/h3-15,27H,1-2H3/b22-15-,25-24?. The van der Waals surface area contributed by atoms with Crippen molar-refractivity contribution in [1.82, 2.24) is 0 Å². The second-order valence-electron chi connectivity index (χ2n) is 6.92. The first-order valence-corrected chi connectivity index (χ1v) is 10.1. The van der Waals surface area contributed by atoms with Crippen molar-refractivity contribution in [3.05, 3.63) is 94.4 Å². The van der Waals surface area contributed by atoms with Gasteiger partial charge in [0.2, 0.25) is 0 Å². The second kappa shape index (κ2) is 7.97. The number of benzene rings is 3. The molecule has 0 aliphatic carbocycles. The quantitative estimate of drug-likeness (QED) is 0.564. The van der Waals surface area contributed by atoms with E-state index in [2.05, 4.69) is 0 Å². The molecule has 0 aromatic heterocycles. The molecule has 1 fully saturated rings. The predicted molar refractivity (Wildman–Crippen MR) is 121 cm³/mol. The topological polar surface area (TPSA) is 52.9 Å². The van der Waals surface area contributed by atoms with Crippen LogP contribution >= 0.6 is 11.8 Å². The normalized spacial score (nSPS) is 16.8. The summed E-state index contributed by atoms with van der Waals surface area (Å²) >= 11 is 1.33. The van der Waals surface area contributed by atoms with E-state index in [0.717, 1.165) is 28.1 Å². The molecule has 144 valence electrons. The van der Waals surface area contributed by atoms with Gasteiger partial charge in [-0.3, -0.25) is 9.69 Å². The number of thioether (sulfide) groups is 1. The number of phenols is 1. The lowest BCUT2D eigenvalue weighted by molar-refractivity contribution is -0.113. The zero-order valence-electron chi connectivity index (χ0n) is 16.2. The van der Waals surface area contributed by atoms with Gasteiger partial charge in [0.25, 0.3) is 5.91 Å². The molecule has 3 aromatic carbocycles. The van der Waals surface area contributed by atoms with Crippen LogP contribution < -0.4 is 4.90 Å². The minimum absolute atomic E-state index is 0.129. The smallest absolute Gasteiger partial charge is 0.271 e. The number of amides is 1. The van der Waals surface area contributed by atoms with E-state index >= 15 is 0 Å². The van der Waals surface area contributed by atoms with Gasteiger partial charge in [-0.25, -0.2) is 4.99 Å². The van der Waals surface area contributed by atoms with Gasteiger partial charge in [0.05, 0.1) is 16.3 Å². The molecule has 1 aliphatic rings. The fourth-order valence-electron chi connectivity index (χ4n) is 3.12. The summed E-state index contributed by atoms with van der Waals surface area (Å²) in [5.41, 5.74) is 4.53. The van der Waals surface area contributed by atoms with E-state index in [0.29, 0.717) is 10.1 Å². The third-order valence-corrected chi connectivity index (χ3v) is 5.43. The number of carbonyl (C=O) groups excluding carboxylic acids is 1. The monoisotopic (exact) mass is 400 g/mol. The molecule has 0 unspecified atom stereocenters. The first kappa shape index (κ1) is 19.0. The molecule has 0 spiro atoms. The number of amidine groups is 1. The van der Waals surface area contributed by atoms with Crippen molar-refractivity contribution < 1.29 is 9.90 Å². The molecule has 0 atom stereocenters. The summed E-state index contributed by atoms with van der Waals surface area (Å²) in [4.78, 5) is 20.2. The fourth-order valence-corrected chi connectivity index (χ4v) is 4.12. The highest BCUT2D eigenvalue weighted by Gasteiger charge is 2.34. The fraction of sp³-hybridized carbons (Fsp3) is 0.0833. The van der Waals surface area contributed by atoms with E-state index in [1.807, 2.05) is 68.4 Å². The Bertz CT molecular complexity index is 1150. The Kier molecular flexibility index (Phi) is 5.23. The lowest BCUT2D eigenvalue weighted by atomic mass is 10.2. The zero-order valence-corrected chi connectivity index (χ0v) is 17.0. The largest absolute Gasteiger partial charge is 0.508 e. The SMILES string of the molecule is Cc1cccc(N=C2S/C(=C\c3cccc(O)c3)C(=O)N2c2cccc(C)c2)c1. The summed E-state index contributed by atoms with van der Waals surface area (Å²) in [6, 6.07) is 22.6. The van der Waals surface area contributed by atoms with Crippen molar-refractivity contribution in [1.29, 1.82) is 0 Å². The maximum Gasteiger partial charge on any atom is 0.271 e. The summed E-state index contributed by atoms with van der Waals surface area (Å²) in [5.74, 6) is 0.0364. The lowest BCUT2D eigenvalue weighted by Gasteiger charge is -2.16. The second-order valence-corrected chi connectivity index (χ2v) is 7.93. The van der Waals surface area contributed by atoms with Crippen LogP contribution in [0.4, 0.5) is 11.4 Å². The van der Waals surface area contributed by atoms with Crippen molar-refractivity contribution >= 4 is 40.3 Å². The molecule has 1 heterocycles. The highest BCUT2D eigenvalue weighted by molar-refractivity contribution is 8.19. The van der Waals surface area contributed by atoms with Crippen LogP contribution in [0.25, 0.3) is 6.08 Å². The van der Waals surface area contributed by atoms with Crippen LogP contribution in [0.5, 0.6) is 5.75 Å². The number of phenolic OH excluding ortho intramolecular Hbond substituents is 1. The number of carbonyl (C=O) groups is 1. The summed E-state index contributed by atoms with van der Waals surface area (Å²) in [5, 5.41) is 10.3. The molecule has 1 amide bonds. The molecular formula is C24H20N2O2S. The summed E-state index contributed by atoms with van der Waals surface area (Å²) in [7, 11) is 0. The molecule has 5 heteroatoms. The van der Waals surface area contributed by atoms with Gasteiger partial charge < -0.3 is 5.11 Å². The van der Waals surface area contributed by atoms with Crippen molar-refractivity contribution in [3.8, 4) is 5.75 Å². The highest BCUT2D eigenvalue weighted by Crippen LogP contribution is 2.37. The predicted octanol–water partition coefficient (Wildman–Crippen LogP) is 5.82. The molecule has 0 saturated carbocycles. The number of aliphatic imine (C=N–C) groups is 1. The maximum atomic E-state index is 13.3. The molecule has 4 rings (SSSR count). The van der Waals surface area contributed by atoms with Crippen LogP contribution in [0.3, 0.4) is 0 Å². The first-order chi connectivity index (χ1) is 14.0. The highest BCUT2D eigenvalue weighted by atomic mass is 32.2. The third-order valence-electron chi connectivity index (χ3n) is 4.46. The Hall–Kier alpha value is -3.31. The molecular weight excluding hydrogens is 380 g/mol. The van der Waals surface area contributed by atoms with Gasteiger partial charge in [-0.05, 0) is 84.8 Å². The average Bonchev–Trinajstić information content (AvgIpc) is 2.97. The van der Waals surface area contributed by atoms with Gasteiger partial charge in [-0.1, -0.05) is 36.4 Å². The first-order valence-electron chi connectivity index (χ1n) is 9.25. The van der Waals surface area contributed by atoms with Crippen LogP contribution in [0, 0.1) is 13.8 Å². The van der Waals surface area contributed by atoms with Gasteiger partial charge in [-0.15, -0.1) is 0 Å². The number of aryl methyl sites for hydroxylation is 2. The van der Waals surface area contributed by atoms with E-state index in [4.69, 9.17) is 4.99 Å². The zero-order chi connectivity index (χ0) is 20.4. The Morgan fingerprint density at radius 2 is 1.66 bits per heavy atom. The summed E-state index contributed by atoms with van der Waals surface area (Å²) < 4.78 is 0. The van der Waals surface area contributed by atoms with Gasteiger partial charge in [-0.2, -0.15) is 0 Å². The van der Waals surface area contributed by atoms with Crippen molar-refractivity contribution in [2.24, 2.45) is 4.99 Å². The van der Waals surface area contributed by atoms with Crippen LogP contribution in [0.15, 0.2) is 82.7 Å². The number of nitrogens with zero attached hydrogens (tertiary/aromatic N) is 2. The molecule has 4 nitrogen and oxygen atoms in total. The molecule has 1 aliphatic heterocycles. The van der Waals surface area contributed by atoms with Gasteiger partial charge in [0, 0.05) is 0 Å². The van der Waals surface area contributed by atoms with Crippen LogP contribution in [0.1, 0.15) is 16.7 Å². The number of hydrogen-bond donors (Lipinski definition) is 1. The summed E-state index contributed by atoms with van der Waals surface area (Å²) in [6.07, 6.45) is 1.79. The molecule has 3 aromatic rings. The molecule has 1 N–H and O–H groups in total. The number of rotatable bonds is 3. The molecule has 1 saturated heterocycles. The van der Waals surface area contributed by atoms with E-state index in [1.165, 1.54) is 11.8 Å². The molecule has 29 heavy (non-hydrogen) atoms. The van der Waals surface area contributed by atoms with Crippen molar-refractivity contribution in [3.63, 3.8) is 0 Å². The van der Waals surface area contributed by atoms with Gasteiger partial charge >= 0.3 is 0 Å². The molecule has 0 bridgehead atoms. The number of anilines is 1. The number of aromatic hydroxyl groups is 1. The Balaban J connectivity index is 1.80. The van der Waals surface area contributed by atoms with Gasteiger partial charge in [0.15, 0.2) is 5.17 Å². The van der Waals surface area contributed by atoms with Crippen LogP contribution in [-0.2, 0) is 4.79 Å². The minimum atomic E-state index is -0.129. The lowest BCUT2D eigenvalue weighted by Crippen LogP contribution is -2.28. The Labute approximate surface area is 174 Å². The Morgan fingerprint density at radius 3 is 2.38 bits per heavy atom. The third kappa shape index (κ3) is 4.25. The van der Waals surface area contributed by atoms with E-state index < -0.39 is 0 Å². The van der Waals surface area contributed by atoms with E-state index in [1.54, 1.807) is 29.2 Å². The Morgan fingerprint density at radius 1 is 0.931 bits per heavy atom. The van der Waals surface area contributed by atoms with E-state index in [9.17, 15) is 9.90 Å². The van der Waals surface area contributed by atoms with Crippen molar-refractivity contribution in [2.45, 2.75) is 13.8 Å². The minimum Gasteiger partial charge on any atom is -0.508 e. The number of hydrogen-bond acceptors (Lipinski definition) is 4. The average molecular weight is 401 g/mol. The maximum absolute atomic E-state index is 13.3. The van der Waals surface area contributed by atoms with Gasteiger partial charge in [0.1, 0.15) is 5.75 Å². The van der Waals surface area contributed by atoms with Crippen LogP contribution in [-0.4, -0.2) is 16.2 Å². The molecule has 0 radical (unpaired) electrons. The van der Waals surface area contributed by atoms with E-state index in [-0.39, 0.29) is 11.7 Å². The van der Waals surface area contributed by atoms with Crippen LogP contribution in [0.2, 0.25) is 0 Å². The summed E-state index contributed by atoms with van der Waals surface area (Å²) in [6.45, 7) is 4.01. The van der Waals surface area contributed by atoms with Crippen molar-refractivity contribution in [2.75, 3.05) is 4.90 Å².